The molecule has 7 heteroatoms. The maximum Gasteiger partial charge on any atom is 0.241 e. The lowest BCUT2D eigenvalue weighted by Gasteiger charge is -2.07. The number of sulfonamides is 1. The first-order chi connectivity index (χ1) is 9.40. The van der Waals surface area contributed by atoms with E-state index >= 15 is 0 Å². The minimum absolute atomic E-state index is 0.0101. The summed E-state index contributed by atoms with van der Waals surface area (Å²) in [7, 11) is -3.63. The molecule has 1 aromatic heterocycles. The van der Waals surface area contributed by atoms with Crippen molar-refractivity contribution >= 4 is 15.7 Å². The maximum atomic E-state index is 12.2. The van der Waals surface area contributed by atoms with Gasteiger partial charge < -0.3 is 10.2 Å². The van der Waals surface area contributed by atoms with E-state index in [0.717, 1.165) is 11.3 Å². The van der Waals surface area contributed by atoms with Crippen molar-refractivity contribution in [1.82, 2.24) is 9.71 Å². The summed E-state index contributed by atoms with van der Waals surface area (Å²) < 4.78 is 32.1. The van der Waals surface area contributed by atoms with Crippen LogP contribution in [-0.2, 0) is 23.0 Å². The lowest BCUT2D eigenvalue weighted by atomic mass is 10.2. The van der Waals surface area contributed by atoms with E-state index in [1.54, 1.807) is 25.3 Å². The van der Waals surface area contributed by atoms with Gasteiger partial charge in [-0.1, -0.05) is 6.92 Å². The Morgan fingerprint density at radius 2 is 2.10 bits per heavy atom. The van der Waals surface area contributed by atoms with Gasteiger partial charge in [0.05, 0.1) is 17.6 Å². The van der Waals surface area contributed by atoms with E-state index in [-0.39, 0.29) is 11.4 Å². The fraction of sp³-hybridized carbons (Fsp3) is 0.308. The van der Waals surface area contributed by atoms with Gasteiger partial charge in [0.15, 0.2) is 0 Å². The number of hydrogen-bond donors (Lipinski definition) is 2. The normalized spacial score (nSPS) is 11.7. The molecule has 0 unspecified atom stereocenters. The van der Waals surface area contributed by atoms with Crippen LogP contribution in [-0.4, -0.2) is 13.4 Å². The van der Waals surface area contributed by atoms with E-state index in [1.807, 2.05) is 6.92 Å². The van der Waals surface area contributed by atoms with Crippen LogP contribution in [0.4, 0.5) is 5.69 Å². The van der Waals surface area contributed by atoms with Crippen molar-refractivity contribution in [3.05, 3.63) is 41.6 Å². The average Bonchev–Trinajstić information content (AvgIpc) is 2.83. The van der Waals surface area contributed by atoms with Crippen LogP contribution in [0.25, 0.3) is 0 Å². The predicted molar refractivity (Wildman–Crippen MR) is 75.5 cm³/mol. The van der Waals surface area contributed by atoms with Crippen LogP contribution >= 0.6 is 0 Å². The summed E-state index contributed by atoms with van der Waals surface area (Å²) >= 11 is 0. The monoisotopic (exact) mass is 295 g/mol. The maximum absolute atomic E-state index is 12.2. The Hall–Kier alpha value is -1.86. The number of aryl methyl sites for hydroxylation is 2. The molecule has 0 bridgehead atoms. The van der Waals surface area contributed by atoms with Gasteiger partial charge in [-0.25, -0.2) is 18.1 Å². The van der Waals surface area contributed by atoms with Crippen LogP contribution in [0.1, 0.15) is 24.1 Å². The largest absolute Gasteiger partial charge is 0.444 e. The van der Waals surface area contributed by atoms with Gasteiger partial charge in [-0.2, -0.15) is 0 Å². The van der Waals surface area contributed by atoms with Crippen molar-refractivity contribution in [2.24, 2.45) is 0 Å². The number of nitrogens with one attached hydrogen (secondary N) is 1. The second kappa shape index (κ2) is 5.64. The second-order valence-corrected chi connectivity index (χ2v) is 6.24. The van der Waals surface area contributed by atoms with Crippen LogP contribution in [0.3, 0.4) is 0 Å². The number of oxazole rings is 1. The van der Waals surface area contributed by atoms with Gasteiger partial charge in [-0.15, -0.1) is 0 Å². The van der Waals surface area contributed by atoms with Gasteiger partial charge in [0.1, 0.15) is 5.76 Å². The highest BCUT2D eigenvalue weighted by Gasteiger charge is 2.16. The molecular weight excluding hydrogens is 278 g/mol. The molecule has 0 aliphatic rings. The highest BCUT2D eigenvalue weighted by Crippen LogP contribution is 2.16. The highest BCUT2D eigenvalue weighted by molar-refractivity contribution is 7.89. The van der Waals surface area contributed by atoms with E-state index in [4.69, 9.17) is 10.2 Å². The Morgan fingerprint density at radius 1 is 1.35 bits per heavy atom. The Kier molecular flexibility index (Phi) is 4.10. The lowest BCUT2D eigenvalue weighted by Crippen LogP contribution is -2.23. The first-order valence-corrected chi connectivity index (χ1v) is 7.69. The number of nitrogens with zero attached hydrogens (tertiary/aromatic N) is 1. The number of aromatic nitrogens is 1. The van der Waals surface area contributed by atoms with Gasteiger partial charge >= 0.3 is 0 Å². The SMILES string of the molecule is CCc1cnc(CNS(=O)(=O)c2cc(C)cc(N)c2)o1. The number of hydrogen-bond acceptors (Lipinski definition) is 5. The van der Waals surface area contributed by atoms with E-state index in [1.165, 1.54) is 6.07 Å². The minimum atomic E-state index is -3.63. The lowest BCUT2D eigenvalue weighted by molar-refractivity contribution is 0.452. The van der Waals surface area contributed by atoms with Gasteiger partial charge in [0, 0.05) is 12.1 Å². The zero-order chi connectivity index (χ0) is 14.8. The van der Waals surface area contributed by atoms with Crippen molar-refractivity contribution in [2.45, 2.75) is 31.7 Å². The molecule has 108 valence electrons. The Morgan fingerprint density at radius 3 is 2.70 bits per heavy atom. The van der Waals surface area contributed by atoms with Crippen LogP contribution in [0.2, 0.25) is 0 Å². The van der Waals surface area contributed by atoms with Crippen LogP contribution in [0.15, 0.2) is 33.7 Å². The number of anilines is 1. The zero-order valence-electron chi connectivity index (χ0n) is 11.4. The van der Waals surface area contributed by atoms with Gasteiger partial charge in [0.25, 0.3) is 0 Å². The molecule has 0 fully saturated rings. The van der Waals surface area contributed by atoms with Crippen molar-refractivity contribution in [3.63, 3.8) is 0 Å². The molecule has 0 aliphatic carbocycles. The summed E-state index contributed by atoms with van der Waals surface area (Å²) in [5.41, 5.74) is 6.86. The molecule has 0 saturated carbocycles. The van der Waals surface area contributed by atoms with Gasteiger partial charge in [-0.3, -0.25) is 0 Å². The smallest absolute Gasteiger partial charge is 0.241 e. The number of rotatable bonds is 5. The number of nitrogens with two attached hydrogens (primary N) is 1. The fourth-order valence-corrected chi connectivity index (χ4v) is 2.88. The third-order valence-electron chi connectivity index (χ3n) is 2.75. The zero-order valence-corrected chi connectivity index (χ0v) is 12.2. The third-order valence-corrected chi connectivity index (χ3v) is 4.13. The Balaban J connectivity index is 2.14. The molecule has 1 aromatic carbocycles. The van der Waals surface area contributed by atoms with E-state index in [9.17, 15) is 8.42 Å². The third kappa shape index (κ3) is 3.37. The van der Waals surface area contributed by atoms with E-state index in [0.29, 0.717) is 18.0 Å². The summed E-state index contributed by atoms with van der Waals surface area (Å²) in [6, 6.07) is 4.69. The quantitative estimate of drug-likeness (QED) is 0.816. The highest BCUT2D eigenvalue weighted by atomic mass is 32.2. The van der Waals surface area contributed by atoms with Crippen LogP contribution < -0.4 is 10.5 Å². The molecule has 0 atom stereocenters. The molecule has 0 amide bonds. The van der Waals surface area contributed by atoms with Gasteiger partial charge in [-0.05, 0) is 30.7 Å². The fourth-order valence-electron chi connectivity index (χ4n) is 1.76. The Labute approximate surface area is 118 Å². The summed E-state index contributed by atoms with van der Waals surface area (Å²) in [5, 5.41) is 0. The standard InChI is InChI=1S/C13H17N3O3S/c1-3-11-7-15-13(19-11)8-16-20(17,18)12-5-9(2)4-10(14)6-12/h4-7,16H,3,8,14H2,1-2H3. The van der Waals surface area contributed by atoms with Crippen molar-refractivity contribution in [1.29, 1.82) is 0 Å². The Bertz CT molecular complexity index is 687. The molecule has 0 saturated heterocycles. The minimum Gasteiger partial charge on any atom is -0.444 e. The van der Waals surface area contributed by atoms with Gasteiger partial charge in [0.2, 0.25) is 15.9 Å². The molecule has 1 heterocycles. The summed E-state index contributed by atoms with van der Waals surface area (Å²) in [6.07, 6.45) is 2.31. The van der Waals surface area contributed by atoms with E-state index < -0.39 is 10.0 Å². The molecule has 0 radical (unpaired) electrons. The molecule has 2 rings (SSSR count). The summed E-state index contributed by atoms with van der Waals surface area (Å²) in [5.74, 6) is 1.06. The molecule has 2 aromatic rings. The molecular formula is C13H17N3O3S. The number of benzene rings is 1. The first-order valence-electron chi connectivity index (χ1n) is 6.21. The molecule has 6 nitrogen and oxygen atoms in total. The molecule has 0 spiro atoms. The topological polar surface area (TPSA) is 98.2 Å². The van der Waals surface area contributed by atoms with Crippen LogP contribution in [0.5, 0.6) is 0 Å². The molecule has 3 N–H and O–H groups in total. The van der Waals surface area contributed by atoms with Crippen LogP contribution in [0, 0.1) is 6.92 Å². The molecule has 0 aliphatic heterocycles. The second-order valence-electron chi connectivity index (χ2n) is 4.48. The van der Waals surface area contributed by atoms with E-state index in [2.05, 4.69) is 9.71 Å². The summed E-state index contributed by atoms with van der Waals surface area (Å²) in [4.78, 5) is 4.14. The van der Waals surface area contributed by atoms with Crippen molar-refractivity contribution < 1.29 is 12.8 Å². The summed E-state index contributed by atoms with van der Waals surface area (Å²) in [6.45, 7) is 3.73. The first kappa shape index (κ1) is 14.5. The number of nitrogen functional groups attached to an aromatic ring is 1. The van der Waals surface area contributed by atoms with Crippen molar-refractivity contribution in [2.75, 3.05) is 5.73 Å². The predicted octanol–water partition coefficient (Wildman–Crippen LogP) is 1.61. The average molecular weight is 295 g/mol. The van der Waals surface area contributed by atoms with Crippen molar-refractivity contribution in [3.8, 4) is 0 Å². The molecule has 20 heavy (non-hydrogen) atoms.